The van der Waals surface area contributed by atoms with Gasteiger partial charge in [-0.25, -0.2) is 4.39 Å². The first-order valence-electron chi connectivity index (χ1n) is 8.39. The van der Waals surface area contributed by atoms with Gasteiger partial charge >= 0.3 is 0 Å². The zero-order chi connectivity index (χ0) is 16.5. The van der Waals surface area contributed by atoms with Gasteiger partial charge in [-0.15, -0.1) is 12.4 Å². The highest BCUT2D eigenvalue weighted by Crippen LogP contribution is 2.39. The maximum absolute atomic E-state index is 13.6. The summed E-state index contributed by atoms with van der Waals surface area (Å²) in [6, 6.07) is 6.83. The van der Waals surface area contributed by atoms with Crippen LogP contribution in [0.2, 0.25) is 0 Å². The van der Waals surface area contributed by atoms with Gasteiger partial charge in [0.2, 0.25) is 5.91 Å². The Balaban J connectivity index is 0.00000288. The minimum absolute atomic E-state index is 0. The molecule has 0 spiro atoms. The number of carbonyl (C=O) groups excluding carboxylic acids is 1. The van der Waals surface area contributed by atoms with E-state index in [0.29, 0.717) is 19.7 Å². The summed E-state index contributed by atoms with van der Waals surface area (Å²) in [5.74, 6) is -0.234. The van der Waals surface area contributed by atoms with Crippen LogP contribution < -0.4 is 10.6 Å². The summed E-state index contributed by atoms with van der Waals surface area (Å²) in [5, 5.41) is 6.06. The molecule has 0 radical (unpaired) electrons. The Labute approximate surface area is 149 Å². The van der Waals surface area contributed by atoms with Crippen LogP contribution in [0.1, 0.15) is 37.7 Å². The summed E-state index contributed by atoms with van der Waals surface area (Å²) in [4.78, 5) is 12.0. The van der Waals surface area contributed by atoms with E-state index in [4.69, 9.17) is 4.74 Å². The molecule has 24 heavy (non-hydrogen) atoms. The lowest BCUT2D eigenvalue weighted by molar-refractivity contribution is -0.120. The van der Waals surface area contributed by atoms with Crippen molar-refractivity contribution in [3.63, 3.8) is 0 Å². The Morgan fingerprint density at radius 2 is 2.04 bits per heavy atom. The number of hydrogen-bond donors (Lipinski definition) is 2. The van der Waals surface area contributed by atoms with E-state index in [1.807, 2.05) is 6.07 Å². The standard InChI is InChI=1S/C18H27FN2O2.ClH/c1-23-11-10-20-13-17(22)21-14-18(8-3-2-4-9-18)15-6-5-7-16(19)12-15;/h5-7,12,20H,2-4,8-11,13-14H2,1H3,(H,21,22);1H. The maximum atomic E-state index is 13.6. The van der Waals surface area contributed by atoms with Crippen molar-refractivity contribution < 1.29 is 13.9 Å². The second-order valence-corrected chi connectivity index (χ2v) is 6.30. The number of amides is 1. The molecule has 1 aromatic rings. The van der Waals surface area contributed by atoms with Crippen LogP contribution in [0.3, 0.4) is 0 Å². The van der Waals surface area contributed by atoms with E-state index in [1.54, 1.807) is 19.2 Å². The van der Waals surface area contributed by atoms with Gasteiger partial charge in [0.15, 0.2) is 0 Å². The normalized spacial score (nSPS) is 16.2. The van der Waals surface area contributed by atoms with E-state index in [9.17, 15) is 9.18 Å². The third kappa shape index (κ3) is 6.04. The quantitative estimate of drug-likeness (QED) is 0.702. The lowest BCUT2D eigenvalue weighted by Crippen LogP contribution is -2.45. The lowest BCUT2D eigenvalue weighted by atomic mass is 9.69. The number of nitrogens with one attached hydrogen (secondary N) is 2. The Morgan fingerprint density at radius 1 is 1.29 bits per heavy atom. The number of benzene rings is 1. The number of ether oxygens (including phenoxy) is 1. The predicted octanol–water partition coefficient (Wildman–Crippen LogP) is 2.80. The minimum Gasteiger partial charge on any atom is -0.383 e. The van der Waals surface area contributed by atoms with E-state index in [1.165, 1.54) is 12.5 Å². The summed E-state index contributed by atoms with van der Waals surface area (Å²) in [7, 11) is 1.63. The molecule has 1 aromatic carbocycles. The van der Waals surface area contributed by atoms with Gasteiger partial charge in [-0.2, -0.15) is 0 Å². The molecule has 2 rings (SSSR count). The fourth-order valence-electron chi connectivity index (χ4n) is 3.32. The Morgan fingerprint density at radius 3 is 2.71 bits per heavy atom. The summed E-state index contributed by atoms with van der Waals surface area (Å²) in [6.45, 7) is 2.09. The molecular weight excluding hydrogens is 331 g/mol. The van der Waals surface area contributed by atoms with Crippen molar-refractivity contribution in [1.29, 1.82) is 0 Å². The van der Waals surface area contributed by atoms with Gasteiger partial charge in [-0.3, -0.25) is 4.79 Å². The van der Waals surface area contributed by atoms with Gasteiger partial charge in [0.05, 0.1) is 13.2 Å². The number of rotatable bonds is 8. The average molecular weight is 359 g/mol. The SMILES string of the molecule is COCCNCC(=O)NCC1(c2cccc(F)c2)CCCCC1.Cl. The largest absolute Gasteiger partial charge is 0.383 e. The molecule has 0 bridgehead atoms. The topological polar surface area (TPSA) is 50.4 Å². The monoisotopic (exact) mass is 358 g/mol. The number of hydrogen-bond acceptors (Lipinski definition) is 3. The van der Waals surface area contributed by atoms with Gasteiger partial charge in [0, 0.05) is 25.6 Å². The average Bonchev–Trinajstić information content (AvgIpc) is 2.58. The molecule has 0 aliphatic heterocycles. The van der Waals surface area contributed by atoms with Crippen LogP contribution in [0.5, 0.6) is 0 Å². The highest BCUT2D eigenvalue weighted by Gasteiger charge is 2.34. The van der Waals surface area contributed by atoms with E-state index >= 15 is 0 Å². The molecular formula is C18H28ClFN2O2. The predicted molar refractivity (Wildman–Crippen MR) is 96.2 cm³/mol. The first-order valence-corrected chi connectivity index (χ1v) is 8.39. The Bertz CT molecular complexity index is 508. The van der Waals surface area contributed by atoms with Crippen molar-refractivity contribution in [2.75, 3.05) is 33.4 Å². The molecule has 0 atom stereocenters. The fraction of sp³-hybridized carbons (Fsp3) is 0.611. The molecule has 0 saturated heterocycles. The summed E-state index contributed by atoms with van der Waals surface area (Å²) in [5.41, 5.74) is 0.868. The highest BCUT2D eigenvalue weighted by molar-refractivity contribution is 5.85. The second kappa shape index (κ2) is 10.6. The Hall–Kier alpha value is -1.17. The van der Waals surface area contributed by atoms with Crippen LogP contribution in [-0.4, -0.2) is 39.3 Å². The number of methoxy groups -OCH3 is 1. The third-order valence-corrected chi connectivity index (χ3v) is 4.64. The van der Waals surface area contributed by atoms with Crippen molar-refractivity contribution in [2.45, 2.75) is 37.5 Å². The van der Waals surface area contributed by atoms with Crippen LogP contribution in [0, 0.1) is 5.82 Å². The third-order valence-electron chi connectivity index (χ3n) is 4.64. The van der Waals surface area contributed by atoms with Gasteiger partial charge in [0.1, 0.15) is 5.82 Å². The van der Waals surface area contributed by atoms with Crippen molar-refractivity contribution >= 4 is 18.3 Å². The molecule has 0 unspecified atom stereocenters. The van der Waals surface area contributed by atoms with Gasteiger partial charge in [-0.1, -0.05) is 31.4 Å². The molecule has 1 saturated carbocycles. The zero-order valence-corrected chi connectivity index (χ0v) is 15.1. The molecule has 136 valence electrons. The smallest absolute Gasteiger partial charge is 0.233 e. The summed E-state index contributed by atoms with van der Waals surface area (Å²) < 4.78 is 18.6. The first kappa shape index (κ1) is 20.9. The van der Waals surface area contributed by atoms with E-state index < -0.39 is 0 Å². The van der Waals surface area contributed by atoms with Crippen molar-refractivity contribution in [3.05, 3.63) is 35.6 Å². The molecule has 6 heteroatoms. The molecule has 0 aromatic heterocycles. The van der Waals surface area contributed by atoms with Crippen LogP contribution >= 0.6 is 12.4 Å². The number of carbonyl (C=O) groups is 1. The summed E-state index contributed by atoms with van der Waals surface area (Å²) in [6.07, 6.45) is 5.45. The van der Waals surface area contributed by atoms with Crippen molar-refractivity contribution in [2.24, 2.45) is 0 Å². The lowest BCUT2D eigenvalue weighted by Gasteiger charge is -2.38. The molecule has 1 aliphatic carbocycles. The van der Waals surface area contributed by atoms with Crippen LogP contribution in [0.25, 0.3) is 0 Å². The minimum atomic E-state index is -0.208. The fourth-order valence-corrected chi connectivity index (χ4v) is 3.32. The van der Waals surface area contributed by atoms with Gasteiger partial charge < -0.3 is 15.4 Å². The molecule has 0 heterocycles. The van der Waals surface area contributed by atoms with E-state index in [0.717, 1.165) is 31.2 Å². The summed E-state index contributed by atoms with van der Waals surface area (Å²) >= 11 is 0. The van der Waals surface area contributed by atoms with Crippen LogP contribution in [0.15, 0.2) is 24.3 Å². The zero-order valence-electron chi connectivity index (χ0n) is 14.3. The highest BCUT2D eigenvalue weighted by atomic mass is 35.5. The van der Waals surface area contributed by atoms with E-state index in [2.05, 4.69) is 10.6 Å². The van der Waals surface area contributed by atoms with E-state index in [-0.39, 0.29) is 36.1 Å². The molecule has 1 amide bonds. The maximum Gasteiger partial charge on any atom is 0.233 e. The van der Waals surface area contributed by atoms with Gasteiger partial charge in [-0.05, 0) is 30.5 Å². The molecule has 1 aliphatic rings. The van der Waals surface area contributed by atoms with Crippen molar-refractivity contribution in [1.82, 2.24) is 10.6 Å². The Kier molecular flexibility index (Phi) is 9.26. The van der Waals surface area contributed by atoms with Crippen molar-refractivity contribution in [3.8, 4) is 0 Å². The first-order chi connectivity index (χ1) is 11.2. The number of halogens is 2. The molecule has 4 nitrogen and oxygen atoms in total. The van der Waals surface area contributed by atoms with Gasteiger partial charge in [0.25, 0.3) is 0 Å². The van der Waals surface area contributed by atoms with Crippen LogP contribution in [-0.2, 0) is 14.9 Å². The molecule has 1 fully saturated rings. The molecule has 2 N–H and O–H groups in total. The second-order valence-electron chi connectivity index (χ2n) is 6.30. The van der Waals surface area contributed by atoms with Crippen LogP contribution in [0.4, 0.5) is 4.39 Å².